The third kappa shape index (κ3) is 2.56. The number of hydrogen-bond donors (Lipinski definition) is 1. The summed E-state index contributed by atoms with van der Waals surface area (Å²) in [5.41, 5.74) is 5.62. The van der Waals surface area contributed by atoms with Crippen LogP contribution in [0.3, 0.4) is 0 Å². The first-order chi connectivity index (χ1) is 9.78. The number of nitrogens with zero attached hydrogens (tertiary/aromatic N) is 1. The number of nitrogens with one attached hydrogen (secondary N) is 1. The molecule has 0 spiro atoms. The molecule has 20 heavy (non-hydrogen) atoms. The summed E-state index contributed by atoms with van der Waals surface area (Å²) in [6, 6.07) is 18.2. The minimum absolute atomic E-state index is 0.584. The fraction of sp³-hybridized carbons (Fsp3) is 0.333. The zero-order valence-corrected chi connectivity index (χ0v) is 12.3. The van der Waals surface area contributed by atoms with Crippen LogP contribution in [0.25, 0.3) is 0 Å². The number of anilines is 1. The molecule has 1 unspecified atom stereocenters. The predicted molar refractivity (Wildman–Crippen MR) is 85.0 cm³/mol. The SMILES string of the molecule is CNCc1cccc(CN2c3ccccc3CC2C)c1. The normalized spacial score (nSPS) is 17.3. The Morgan fingerprint density at radius 3 is 2.75 bits per heavy atom. The van der Waals surface area contributed by atoms with Crippen molar-refractivity contribution in [3.8, 4) is 0 Å². The predicted octanol–water partition coefficient (Wildman–Crippen LogP) is 3.36. The molecule has 0 saturated heterocycles. The maximum Gasteiger partial charge on any atom is 0.0432 e. The largest absolute Gasteiger partial charge is 0.364 e. The summed E-state index contributed by atoms with van der Waals surface area (Å²) in [5.74, 6) is 0. The Balaban J connectivity index is 1.82. The first kappa shape index (κ1) is 13.2. The van der Waals surface area contributed by atoms with Gasteiger partial charge in [0.25, 0.3) is 0 Å². The molecule has 0 amide bonds. The van der Waals surface area contributed by atoms with Gasteiger partial charge < -0.3 is 10.2 Å². The van der Waals surface area contributed by atoms with E-state index in [9.17, 15) is 0 Å². The molecule has 2 aromatic rings. The van der Waals surface area contributed by atoms with Crippen molar-refractivity contribution >= 4 is 5.69 Å². The molecule has 1 heterocycles. The van der Waals surface area contributed by atoms with Crippen LogP contribution in [0.1, 0.15) is 23.6 Å². The highest BCUT2D eigenvalue weighted by Gasteiger charge is 2.25. The number of benzene rings is 2. The number of rotatable bonds is 4. The molecule has 0 aromatic heterocycles. The van der Waals surface area contributed by atoms with Crippen molar-refractivity contribution < 1.29 is 0 Å². The van der Waals surface area contributed by atoms with Crippen molar-refractivity contribution in [2.45, 2.75) is 32.5 Å². The summed E-state index contributed by atoms with van der Waals surface area (Å²) < 4.78 is 0. The lowest BCUT2D eigenvalue weighted by Gasteiger charge is -2.25. The molecule has 1 aliphatic rings. The summed E-state index contributed by atoms with van der Waals surface area (Å²) in [6.45, 7) is 4.24. The molecule has 3 rings (SSSR count). The van der Waals surface area contributed by atoms with Crippen molar-refractivity contribution in [3.05, 3.63) is 65.2 Å². The summed E-state index contributed by atoms with van der Waals surface area (Å²) in [6.07, 6.45) is 1.16. The van der Waals surface area contributed by atoms with Gasteiger partial charge in [0.1, 0.15) is 0 Å². The van der Waals surface area contributed by atoms with Crippen molar-refractivity contribution in [2.75, 3.05) is 11.9 Å². The lowest BCUT2D eigenvalue weighted by molar-refractivity contribution is 0.671. The summed E-state index contributed by atoms with van der Waals surface area (Å²) in [7, 11) is 1.99. The molecule has 0 radical (unpaired) electrons. The van der Waals surface area contributed by atoms with Crippen LogP contribution in [0, 0.1) is 0 Å². The molecule has 2 nitrogen and oxygen atoms in total. The van der Waals surface area contributed by atoms with Crippen LogP contribution in [0.2, 0.25) is 0 Å². The number of hydrogen-bond acceptors (Lipinski definition) is 2. The highest BCUT2D eigenvalue weighted by molar-refractivity contribution is 5.59. The van der Waals surface area contributed by atoms with Gasteiger partial charge in [0.2, 0.25) is 0 Å². The summed E-state index contributed by atoms with van der Waals surface area (Å²) >= 11 is 0. The average molecular weight is 266 g/mol. The van der Waals surface area contributed by atoms with Gasteiger partial charge in [-0.3, -0.25) is 0 Å². The van der Waals surface area contributed by atoms with Crippen molar-refractivity contribution in [2.24, 2.45) is 0 Å². The van der Waals surface area contributed by atoms with E-state index in [0.29, 0.717) is 6.04 Å². The quantitative estimate of drug-likeness (QED) is 0.913. The monoisotopic (exact) mass is 266 g/mol. The second-order valence-electron chi connectivity index (χ2n) is 5.66. The van der Waals surface area contributed by atoms with Crippen LogP contribution in [0.5, 0.6) is 0 Å². The number of para-hydroxylation sites is 1. The van der Waals surface area contributed by atoms with E-state index >= 15 is 0 Å². The van der Waals surface area contributed by atoms with E-state index in [1.807, 2.05) is 7.05 Å². The minimum atomic E-state index is 0.584. The fourth-order valence-corrected chi connectivity index (χ4v) is 3.11. The Labute approximate surface area is 121 Å². The van der Waals surface area contributed by atoms with Gasteiger partial charge in [0.05, 0.1) is 0 Å². The highest BCUT2D eigenvalue weighted by Crippen LogP contribution is 2.33. The Morgan fingerprint density at radius 1 is 1.10 bits per heavy atom. The van der Waals surface area contributed by atoms with Crippen LogP contribution in [-0.4, -0.2) is 13.1 Å². The zero-order valence-electron chi connectivity index (χ0n) is 12.3. The molecule has 0 bridgehead atoms. The number of fused-ring (bicyclic) bond motifs is 1. The van der Waals surface area contributed by atoms with Gasteiger partial charge in [-0.25, -0.2) is 0 Å². The molecule has 0 saturated carbocycles. The molecule has 1 atom stereocenters. The van der Waals surface area contributed by atoms with Gasteiger partial charge >= 0.3 is 0 Å². The van der Waals surface area contributed by atoms with E-state index in [-0.39, 0.29) is 0 Å². The molecule has 104 valence electrons. The molecular formula is C18H22N2. The Morgan fingerprint density at radius 2 is 1.90 bits per heavy atom. The second kappa shape index (κ2) is 5.68. The van der Waals surface area contributed by atoms with Crippen molar-refractivity contribution in [3.63, 3.8) is 0 Å². The maximum atomic E-state index is 3.22. The van der Waals surface area contributed by atoms with Crippen LogP contribution in [-0.2, 0) is 19.5 Å². The van der Waals surface area contributed by atoms with E-state index in [1.54, 1.807) is 0 Å². The standard InChI is InChI=1S/C18H22N2/c1-14-10-17-8-3-4-9-18(17)20(14)13-16-7-5-6-15(11-16)12-19-2/h3-9,11,14,19H,10,12-13H2,1-2H3. The van der Waals surface area contributed by atoms with E-state index in [1.165, 1.54) is 22.4 Å². The second-order valence-corrected chi connectivity index (χ2v) is 5.66. The Kier molecular flexibility index (Phi) is 3.75. The zero-order chi connectivity index (χ0) is 13.9. The molecule has 1 N–H and O–H groups in total. The Hall–Kier alpha value is -1.80. The van der Waals surface area contributed by atoms with E-state index in [0.717, 1.165) is 19.5 Å². The Bertz CT molecular complexity index is 591. The lowest BCUT2D eigenvalue weighted by Crippen LogP contribution is -2.28. The third-order valence-electron chi connectivity index (χ3n) is 4.07. The van der Waals surface area contributed by atoms with Gasteiger partial charge in [0, 0.05) is 24.8 Å². The average Bonchev–Trinajstić information content (AvgIpc) is 2.76. The molecule has 0 aliphatic carbocycles. The molecule has 0 fully saturated rings. The van der Waals surface area contributed by atoms with Gasteiger partial charge in [-0.2, -0.15) is 0 Å². The van der Waals surface area contributed by atoms with Crippen molar-refractivity contribution in [1.82, 2.24) is 5.32 Å². The molecule has 2 heteroatoms. The maximum absolute atomic E-state index is 3.22. The van der Waals surface area contributed by atoms with Gasteiger partial charge in [0.15, 0.2) is 0 Å². The highest BCUT2D eigenvalue weighted by atomic mass is 15.2. The van der Waals surface area contributed by atoms with Crippen LogP contribution in [0.15, 0.2) is 48.5 Å². The topological polar surface area (TPSA) is 15.3 Å². The fourth-order valence-electron chi connectivity index (χ4n) is 3.11. The molecular weight excluding hydrogens is 244 g/mol. The first-order valence-electron chi connectivity index (χ1n) is 7.35. The summed E-state index contributed by atoms with van der Waals surface area (Å²) in [4.78, 5) is 2.52. The van der Waals surface area contributed by atoms with Crippen LogP contribution >= 0.6 is 0 Å². The third-order valence-corrected chi connectivity index (χ3v) is 4.07. The molecule has 2 aromatic carbocycles. The minimum Gasteiger partial charge on any atom is -0.364 e. The van der Waals surface area contributed by atoms with Gasteiger partial charge in [-0.15, -0.1) is 0 Å². The van der Waals surface area contributed by atoms with E-state index in [4.69, 9.17) is 0 Å². The van der Waals surface area contributed by atoms with Crippen LogP contribution in [0.4, 0.5) is 5.69 Å². The van der Waals surface area contributed by atoms with Crippen LogP contribution < -0.4 is 10.2 Å². The van der Waals surface area contributed by atoms with Gasteiger partial charge in [-0.1, -0.05) is 42.5 Å². The first-order valence-corrected chi connectivity index (χ1v) is 7.35. The van der Waals surface area contributed by atoms with Gasteiger partial charge in [-0.05, 0) is 43.1 Å². The lowest BCUT2D eigenvalue weighted by atomic mass is 10.1. The summed E-state index contributed by atoms with van der Waals surface area (Å²) in [5, 5.41) is 3.22. The van der Waals surface area contributed by atoms with E-state index < -0.39 is 0 Å². The smallest absolute Gasteiger partial charge is 0.0432 e. The van der Waals surface area contributed by atoms with Crippen molar-refractivity contribution in [1.29, 1.82) is 0 Å². The molecule has 1 aliphatic heterocycles. The van der Waals surface area contributed by atoms with E-state index in [2.05, 4.69) is 65.7 Å².